The Balaban J connectivity index is 1.84. The summed E-state index contributed by atoms with van der Waals surface area (Å²) < 4.78 is 0. The van der Waals surface area contributed by atoms with Crippen molar-refractivity contribution in [2.24, 2.45) is 0 Å². The Kier molecular flexibility index (Phi) is 3.57. The van der Waals surface area contributed by atoms with Crippen LogP contribution in [-0.2, 0) is 16.1 Å². The number of rotatable bonds is 4. The van der Waals surface area contributed by atoms with Crippen LogP contribution in [0.25, 0.3) is 0 Å². The summed E-state index contributed by atoms with van der Waals surface area (Å²) in [6.07, 6.45) is 0. The molecule has 1 aliphatic rings. The molecular weight excluding hydrogens is 262 g/mol. The van der Waals surface area contributed by atoms with Gasteiger partial charge in [-0.25, -0.2) is 0 Å². The standard InChI is InChI=1S/C18H17NO2/c1-13(20)17-16(15-10-6-3-7-11-15)18(21)19(17)12-14-8-4-2-5-9-14/h2-11,16-17H,12H2,1H3/t16-,17-/m0/s1. The van der Waals surface area contributed by atoms with Gasteiger partial charge in [0.1, 0.15) is 6.04 Å². The molecule has 0 bridgehead atoms. The van der Waals surface area contributed by atoms with E-state index in [4.69, 9.17) is 0 Å². The fourth-order valence-electron chi connectivity index (χ4n) is 2.94. The van der Waals surface area contributed by atoms with Crippen LogP contribution in [0, 0.1) is 0 Å². The second-order valence-corrected chi connectivity index (χ2v) is 5.40. The maximum Gasteiger partial charge on any atom is 0.233 e. The first-order valence-corrected chi connectivity index (χ1v) is 7.08. The highest BCUT2D eigenvalue weighted by Gasteiger charge is 2.50. The van der Waals surface area contributed by atoms with E-state index in [0.717, 1.165) is 11.1 Å². The lowest BCUT2D eigenvalue weighted by Crippen LogP contribution is -2.61. The van der Waals surface area contributed by atoms with Crippen LogP contribution in [0.3, 0.4) is 0 Å². The van der Waals surface area contributed by atoms with Gasteiger partial charge in [0.25, 0.3) is 0 Å². The van der Waals surface area contributed by atoms with E-state index in [1.807, 2.05) is 60.7 Å². The first kappa shape index (κ1) is 13.6. The molecule has 0 aliphatic carbocycles. The number of hydrogen-bond acceptors (Lipinski definition) is 2. The molecule has 3 heteroatoms. The first-order valence-electron chi connectivity index (χ1n) is 7.08. The van der Waals surface area contributed by atoms with E-state index in [2.05, 4.69) is 0 Å². The molecule has 1 fully saturated rings. The molecule has 2 aromatic carbocycles. The zero-order valence-corrected chi connectivity index (χ0v) is 11.9. The third-order valence-corrected chi connectivity index (χ3v) is 3.97. The third kappa shape index (κ3) is 2.47. The average molecular weight is 279 g/mol. The van der Waals surface area contributed by atoms with E-state index in [9.17, 15) is 9.59 Å². The molecule has 0 unspecified atom stereocenters. The minimum atomic E-state index is -0.347. The molecule has 0 saturated carbocycles. The number of nitrogens with zero attached hydrogens (tertiary/aromatic N) is 1. The van der Waals surface area contributed by atoms with Crippen molar-refractivity contribution in [3.05, 3.63) is 71.8 Å². The van der Waals surface area contributed by atoms with Crippen LogP contribution in [0.15, 0.2) is 60.7 Å². The van der Waals surface area contributed by atoms with E-state index in [1.54, 1.807) is 11.8 Å². The molecular formula is C18H17NO2. The zero-order chi connectivity index (χ0) is 14.8. The number of hydrogen-bond donors (Lipinski definition) is 0. The summed E-state index contributed by atoms with van der Waals surface area (Å²) in [6.45, 7) is 2.05. The smallest absolute Gasteiger partial charge is 0.233 e. The summed E-state index contributed by atoms with van der Waals surface area (Å²) in [5.41, 5.74) is 1.97. The Morgan fingerprint density at radius 3 is 2.14 bits per heavy atom. The number of Topliss-reactive ketones (excluding diaryl/α,β-unsaturated/α-hetero) is 1. The molecule has 3 nitrogen and oxygen atoms in total. The SMILES string of the molecule is CC(=O)[C@H]1[C@H](c2ccccc2)C(=O)N1Cc1ccccc1. The van der Waals surface area contributed by atoms with Crippen molar-refractivity contribution >= 4 is 11.7 Å². The molecule has 0 N–H and O–H groups in total. The Morgan fingerprint density at radius 1 is 1.00 bits per heavy atom. The van der Waals surface area contributed by atoms with Gasteiger partial charge in [-0.15, -0.1) is 0 Å². The molecule has 0 aromatic heterocycles. The predicted molar refractivity (Wildman–Crippen MR) is 80.6 cm³/mol. The van der Waals surface area contributed by atoms with E-state index in [-0.39, 0.29) is 23.7 Å². The van der Waals surface area contributed by atoms with Crippen molar-refractivity contribution in [3.8, 4) is 0 Å². The molecule has 106 valence electrons. The second-order valence-electron chi connectivity index (χ2n) is 5.40. The van der Waals surface area contributed by atoms with Crippen molar-refractivity contribution in [2.45, 2.75) is 25.4 Å². The maximum atomic E-state index is 12.5. The largest absolute Gasteiger partial charge is 0.327 e. The Labute approximate surface area is 124 Å². The van der Waals surface area contributed by atoms with Crippen LogP contribution in [0.1, 0.15) is 24.0 Å². The Bertz CT molecular complexity index is 651. The summed E-state index contributed by atoms with van der Waals surface area (Å²) in [6, 6.07) is 19.0. The number of ketones is 1. The average Bonchev–Trinajstić information content (AvgIpc) is 2.51. The zero-order valence-electron chi connectivity index (χ0n) is 11.9. The Hall–Kier alpha value is -2.42. The third-order valence-electron chi connectivity index (χ3n) is 3.97. The molecule has 1 aliphatic heterocycles. The minimum absolute atomic E-state index is 0.0326. The van der Waals surface area contributed by atoms with E-state index in [0.29, 0.717) is 6.54 Å². The maximum absolute atomic E-state index is 12.5. The second kappa shape index (κ2) is 5.52. The number of carbonyl (C=O) groups is 2. The van der Waals surface area contributed by atoms with Gasteiger partial charge in [0.15, 0.2) is 5.78 Å². The minimum Gasteiger partial charge on any atom is -0.327 e. The molecule has 1 amide bonds. The van der Waals surface area contributed by atoms with Crippen LogP contribution in [-0.4, -0.2) is 22.6 Å². The van der Waals surface area contributed by atoms with Crippen molar-refractivity contribution in [1.29, 1.82) is 0 Å². The lowest BCUT2D eigenvalue weighted by Gasteiger charge is -2.46. The van der Waals surface area contributed by atoms with Crippen LogP contribution >= 0.6 is 0 Å². The van der Waals surface area contributed by atoms with Gasteiger partial charge < -0.3 is 4.90 Å². The van der Waals surface area contributed by atoms with Gasteiger partial charge in [-0.05, 0) is 18.1 Å². The van der Waals surface area contributed by atoms with Gasteiger partial charge >= 0.3 is 0 Å². The number of amides is 1. The van der Waals surface area contributed by atoms with Crippen molar-refractivity contribution in [3.63, 3.8) is 0 Å². The lowest BCUT2D eigenvalue weighted by atomic mass is 9.79. The van der Waals surface area contributed by atoms with Gasteiger partial charge in [0, 0.05) is 6.54 Å². The summed E-state index contributed by atoms with van der Waals surface area (Å²) in [4.78, 5) is 26.1. The van der Waals surface area contributed by atoms with E-state index < -0.39 is 0 Å². The van der Waals surface area contributed by atoms with Crippen LogP contribution in [0.2, 0.25) is 0 Å². The molecule has 3 rings (SSSR count). The molecule has 1 heterocycles. The van der Waals surface area contributed by atoms with E-state index >= 15 is 0 Å². The summed E-state index contributed by atoms with van der Waals surface area (Å²) in [5.74, 6) is -0.253. The number of carbonyl (C=O) groups excluding carboxylic acids is 2. The topological polar surface area (TPSA) is 37.4 Å². The highest BCUT2D eigenvalue weighted by molar-refractivity contribution is 6.02. The van der Waals surface area contributed by atoms with Gasteiger partial charge in [-0.1, -0.05) is 60.7 Å². The quantitative estimate of drug-likeness (QED) is 0.807. The van der Waals surface area contributed by atoms with Crippen molar-refractivity contribution < 1.29 is 9.59 Å². The molecule has 0 radical (unpaired) electrons. The Morgan fingerprint density at radius 2 is 1.57 bits per heavy atom. The van der Waals surface area contributed by atoms with Crippen molar-refractivity contribution in [2.75, 3.05) is 0 Å². The monoisotopic (exact) mass is 279 g/mol. The molecule has 2 atom stereocenters. The molecule has 1 saturated heterocycles. The predicted octanol–water partition coefficient (Wildman–Crippen LogP) is 2.77. The highest BCUT2D eigenvalue weighted by Crippen LogP contribution is 2.37. The van der Waals surface area contributed by atoms with E-state index in [1.165, 1.54) is 0 Å². The van der Waals surface area contributed by atoms with Crippen LogP contribution < -0.4 is 0 Å². The van der Waals surface area contributed by atoms with Gasteiger partial charge in [0.05, 0.1) is 5.92 Å². The van der Waals surface area contributed by atoms with Crippen molar-refractivity contribution in [1.82, 2.24) is 4.90 Å². The molecule has 2 aromatic rings. The van der Waals surface area contributed by atoms with Crippen LogP contribution in [0.5, 0.6) is 0 Å². The molecule has 21 heavy (non-hydrogen) atoms. The first-order chi connectivity index (χ1) is 10.2. The van der Waals surface area contributed by atoms with Gasteiger partial charge in [-0.2, -0.15) is 0 Å². The summed E-state index contributed by atoms with van der Waals surface area (Å²) in [7, 11) is 0. The number of benzene rings is 2. The fraction of sp³-hybridized carbons (Fsp3) is 0.222. The number of likely N-dealkylation sites (tertiary alicyclic amines) is 1. The van der Waals surface area contributed by atoms with Gasteiger partial charge in [-0.3, -0.25) is 9.59 Å². The fourth-order valence-corrected chi connectivity index (χ4v) is 2.94. The highest BCUT2D eigenvalue weighted by atomic mass is 16.2. The summed E-state index contributed by atoms with van der Waals surface area (Å²) in [5, 5.41) is 0. The summed E-state index contributed by atoms with van der Waals surface area (Å²) >= 11 is 0. The van der Waals surface area contributed by atoms with Gasteiger partial charge in [0.2, 0.25) is 5.91 Å². The lowest BCUT2D eigenvalue weighted by molar-refractivity contribution is -0.156. The normalized spacial score (nSPS) is 21.0. The molecule has 0 spiro atoms. The van der Waals surface area contributed by atoms with Crippen LogP contribution in [0.4, 0.5) is 0 Å². The number of β-lactam (4-membered cyclic amide) rings is 1.